The van der Waals surface area contributed by atoms with Crippen LogP contribution in [0.15, 0.2) is 27.6 Å². The van der Waals surface area contributed by atoms with E-state index in [0.717, 1.165) is 12.8 Å². The molecule has 0 spiro atoms. The SMILES string of the molecule is Cc1noc(C)c1S(=O)(=O)N(C)C[C@@H]1Oc2ccc(NC(=O)C3CC3)cc2CC(=O)N([C@H](C)CO)C[C@H]1C. The van der Waals surface area contributed by atoms with Gasteiger partial charge in [-0.3, -0.25) is 9.59 Å². The molecule has 2 amide bonds. The number of nitrogens with zero attached hydrogens (tertiary/aromatic N) is 3. The van der Waals surface area contributed by atoms with E-state index in [4.69, 9.17) is 9.26 Å². The number of aliphatic hydroxyl groups excluding tert-OH is 1. The fourth-order valence-corrected chi connectivity index (χ4v) is 6.13. The molecule has 1 saturated carbocycles. The number of aryl methyl sites for hydroxylation is 2. The van der Waals surface area contributed by atoms with Gasteiger partial charge >= 0.3 is 0 Å². The number of carbonyl (C=O) groups is 2. The molecule has 0 radical (unpaired) electrons. The number of ether oxygens (including phenoxy) is 1. The minimum atomic E-state index is -3.93. The quantitative estimate of drug-likeness (QED) is 0.511. The van der Waals surface area contributed by atoms with E-state index in [1.807, 2.05) is 6.92 Å². The molecule has 3 atom stereocenters. The number of benzene rings is 1. The normalized spacial score (nSPS) is 21.2. The van der Waals surface area contributed by atoms with Crippen molar-refractivity contribution in [3.63, 3.8) is 0 Å². The fourth-order valence-electron chi connectivity index (χ4n) is 4.67. The number of sulfonamides is 1. The van der Waals surface area contributed by atoms with E-state index in [2.05, 4.69) is 10.5 Å². The molecule has 1 fully saturated rings. The fraction of sp³-hybridized carbons (Fsp3) is 0.577. The Labute approximate surface area is 223 Å². The van der Waals surface area contributed by atoms with Crippen LogP contribution in [-0.4, -0.2) is 78.6 Å². The first-order valence-electron chi connectivity index (χ1n) is 12.8. The number of rotatable bonds is 8. The van der Waals surface area contributed by atoms with E-state index in [-0.39, 0.29) is 66.1 Å². The van der Waals surface area contributed by atoms with Crippen LogP contribution in [0.25, 0.3) is 0 Å². The monoisotopic (exact) mass is 548 g/mol. The maximum absolute atomic E-state index is 13.4. The first kappa shape index (κ1) is 28.1. The predicted molar refractivity (Wildman–Crippen MR) is 139 cm³/mol. The Morgan fingerprint density at radius 3 is 2.63 bits per heavy atom. The van der Waals surface area contributed by atoms with Crippen LogP contribution in [0.4, 0.5) is 5.69 Å². The van der Waals surface area contributed by atoms with Crippen LogP contribution in [0.1, 0.15) is 43.7 Å². The summed E-state index contributed by atoms with van der Waals surface area (Å²) >= 11 is 0. The highest BCUT2D eigenvalue weighted by Crippen LogP contribution is 2.33. The van der Waals surface area contributed by atoms with Crippen molar-refractivity contribution in [3.05, 3.63) is 35.2 Å². The van der Waals surface area contributed by atoms with Crippen molar-refractivity contribution < 1.29 is 32.4 Å². The van der Waals surface area contributed by atoms with Crippen molar-refractivity contribution in [3.8, 4) is 5.75 Å². The summed E-state index contributed by atoms with van der Waals surface area (Å²) in [7, 11) is -2.45. The second-order valence-electron chi connectivity index (χ2n) is 10.4. The molecule has 1 aromatic carbocycles. The molecule has 2 heterocycles. The zero-order chi connectivity index (χ0) is 27.8. The van der Waals surface area contributed by atoms with Gasteiger partial charge in [0.1, 0.15) is 22.4 Å². The number of hydrogen-bond donors (Lipinski definition) is 2. The summed E-state index contributed by atoms with van der Waals surface area (Å²) in [6.45, 7) is 6.84. The van der Waals surface area contributed by atoms with Crippen molar-refractivity contribution in [1.29, 1.82) is 0 Å². The van der Waals surface area contributed by atoms with Gasteiger partial charge in [-0.25, -0.2) is 8.42 Å². The van der Waals surface area contributed by atoms with Gasteiger partial charge in [-0.15, -0.1) is 0 Å². The number of aromatic nitrogens is 1. The molecule has 12 heteroatoms. The maximum atomic E-state index is 13.4. The van der Waals surface area contributed by atoms with Crippen molar-refractivity contribution >= 4 is 27.5 Å². The van der Waals surface area contributed by atoms with Gasteiger partial charge in [0.15, 0.2) is 5.76 Å². The molecule has 2 aliphatic rings. The molecule has 1 aliphatic heterocycles. The van der Waals surface area contributed by atoms with E-state index in [0.29, 0.717) is 17.0 Å². The number of nitrogens with one attached hydrogen (secondary N) is 1. The van der Waals surface area contributed by atoms with Crippen LogP contribution in [0, 0.1) is 25.7 Å². The molecular formula is C26H36N4O7S. The molecule has 0 saturated heterocycles. The van der Waals surface area contributed by atoms with Crippen LogP contribution in [0.2, 0.25) is 0 Å². The smallest absolute Gasteiger partial charge is 0.248 e. The lowest BCUT2D eigenvalue weighted by Crippen LogP contribution is -2.48. The minimum absolute atomic E-state index is 0.00268. The van der Waals surface area contributed by atoms with E-state index in [9.17, 15) is 23.1 Å². The number of fused-ring (bicyclic) bond motifs is 1. The van der Waals surface area contributed by atoms with Gasteiger partial charge in [0.2, 0.25) is 21.8 Å². The molecule has 1 aliphatic carbocycles. The van der Waals surface area contributed by atoms with E-state index < -0.39 is 22.2 Å². The number of amides is 2. The second kappa shape index (κ2) is 11.0. The number of carbonyl (C=O) groups excluding carboxylic acids is 2. The zero-order valence-corrected chi connectivity index (χ0v) is 23.2. The summed E-state index contributed by atoms with van der Waals surface area (Å²) < 4.78 is 39.5. The van der Waals surface area contributed by atoms with Gasteiger partial charge < -0.3 is 24.6 Å². The van der Waals surface area contributed by atoms with Crippen LogP contribution >= 0.6 is 0 Å². The van der Waals surface area contributed by atoms with E-state index in [1.165, 1.54) is 11.4 Å². The largest absolute Gasteiger partial charge is 0.488 e. The molecule has 1 aromatic heterocycles. The lowest BCUT2D eigenvalue weighted by Gasteiger charge is -2.33. The highest BCUT2D eigenvalue weighted by atomic mass is 32.2. The average Bonchev–Trinajstić information content (AvgIpc) is 3.65. The first-order chi connectivity index (χ1) is 17.9. The topological polar surface area (TPSA) is 142 Å². The van der Waals surface area contributed by atoms with Gasteiger partial charge in [0, 0.05) is 36.7 Å². The van der Waals surface area contributed by atoms with Crippen molar-refractivity contribution in [2.75, 3.05) is 32.1 Å². The summed E-state index contributed by atoms with van der Waals surface area (Å²) in [5.74, 6) is 0.160. The summed E-state index contributed by atoms with van der Waals surface area (Å²) in [4.78, 5) is 27.3. The standard InChI is InChI=1S/C26H36N4O7S/c1-15-12-30(16(2)14-31)24(32)11-20-10-21(27-26(33)19-6-7-19)8-9-22(20)36-23(15)13-29(5)38(34,35)25-17(3)28-37-18(25)4/h8-10,15-16,19,23,31H,6-7,11-14H2,1-5H3,(H,27,33)/t15-,16-,23+/m1/s1. The van der Waals surface area contributed by atoms with Crippen LogP contribution < -0.4 is 10.1 Å². The molecule has 208 valence electrons. The van der Waals surface area contributed by atoms with Gasteiger partial charge in [0.25, 0.3) is 0 Å². The van der Waals surface area contributed by atoms with Gasteiger partial charge in [-0.2, -0.15) is 4.31 Å². The highest BCUT2D eigenvalue weighted by Gasteiger charge is 2.35. The summed E-state index contributed by atoms with van der Waals surface area (Å²) in [5.41, 5.74) is 1.42. The van der Waals surface area contributed by atoms with Crippen LogP contribution in [-0.2, 0) is 26.0 Å². The highest BCUT2D eigenvalue weighted by molar-refractivity contribution is 7.89. The zero-order valence-electron chi connectivity index (χ0n) is 22.4. The lowest BCUT2D eigenvalue weighted by molar-refractivity contribution is -0.134. The van der Waals surface area contributed by atoms with E-state index >= 15 is 0 Å². The lowest BCUT2D eigenvalue weighted by atomic mass is 10.0. The van der Waals surface area contributed by atoms with Crippen molar-refractivity contribution in [1.82, 2.24) is 14.4 Å². The minimum Gasteiger partial charge on any atom is -0.488 e. The Kier molecular flexibility index (Phi) is 8.15. The molecule has 2 aromatic rings. The van der Waals surface area contributed by atoms with Crippen LogP contribution in [0.5, 0.6) is 5.75 Å². The van der Waals surface area contributed by atoms with Gasteiger partial charge in [-0.1, -0.05) is 12.1 Å². The molecule has 0 unspecified atom stereocenters. The van der Waals surface area contributed by atoms with Gasteiger partial charge in [-0.05, 0) is 51.8 Å². The number of likely N-dealkylation sites (N-methyl/N-ethyl adjacent to an activating group) is 1. The van der Waals surface area contributed by atoms with E-state index in [1.54, 1.807) is 43.9 Å². The maximum Gasteiger partial charge on any atom is 0.248 e. The number of hydrogen-bond acceptors (Lipinski definition) is 8. The Bertz CT molecular complexity index is 1290. The van der Waals surface area contributed by atoms with Crippen LogP contribution in [0.3, 0.4) is 0 Å². The predicted octanol–water partition coefficient (Wildman–Crippen LogP) is 2.11. The summed E-state index contributed by atoms with van der Waals surface area (Å²) in [6, 6.07) is 4.72. The Hall–Kier alpha value is -2.96. The summed E-state index contributed by atoms with van der Waals surface area (Å²) in [6.07, 6.45) is 1.13. The molecular weight excluding hydrogens is 512 g/mol. The molecule has 2 N–H and O–H groups in total. The third-order valence-electron chi connectivity index (χ3n) is 7.21. The average molecular weight is 549 g/mol. The van der Waals surface area contributed by atoms with Crippen molar-refractivity contribution in [2.45, 2.75) is 64.0 Å². The van der Waals surface area contributed by atoms with Gasteiger partial charge in [0.05, 0.1) is 25.6 Å². The number of anilines is 1. The molecule has 0 bridgehead atoms. The molecule has 38 heavy (non-hydrogen) atoms. The molecule has 4 rings (SSSR count). The summed E-state index contributed by atoms with van der Waals surface area (Å²) in [5, 5.41) is 16.5. The third-order valence-corrected chi connectivity index (χ3v) is 9.27. The molecule has 11 nitrogen and oxygen atoms in total. The first-order valence-corrected chi connectivity index (χ1v) is 14.3. The third kappa shape index (κ3) is 5.87. The second-order valence-corrected chi connectivity index (χ2v) is 12.4. The Balaban J connectivity index is 1.66. The van der Waals surface area contributed by atoms with Crippen molar-refractivity contribution in [2.24, 2.45) is 11.8 Å². The number of aliphatic hydroxyl groups is 1. The Morgan fingerprint density at radius 1 is 1.32 bits per heavy atom. The Morgan fingerprint density at radius 2 is 2.03 bits per heavy atom.